The van der Waals surface area contributed by atoms with Crippen LogP contribution in [-0.4, -0.2) is 37.0 Å². The summed E-state index contributed by atoms with van der Waals surface area (Å²) < 4.78 is 6.13. The lowest BCUT2D eigenvalue weighted by Crippen LogP contribution is -2.15. The Labute approximate surface area is 245 Å². The zero-order valence-electron chi connectivity index (χ0n) is 24.6. The van der Waals surface area contributed by atoms with E-state index in [-0.39, 0.29) is 10.8 Å². The molecule has 7 heterocycles. The molecule has 7 heteroatoms. The highest BCUT2D eigenvalue weighted by molar-refractivity contribution is 5.90. The third-order valence-electron chi connectivity index (χ3n) is 8.42. The Hall–Kier alpha value is -4.78. The molecule has 210 valence electrons. The second kappa shape index (κ2) is 9.65. The molecular weight excluding hydrogens is 520 g/mol. The van der Waals surface area contributed by atoms with Crippen LogP contribution < -0.4 is 4.74 Å². The third kappa shape index (κ3) is 4.55. The van der Waals surface area contributed by atoms with E-state index in [9.17, 15) is 0 Å². The molecule has 0 radical (unpaired) electrons. The number of hydrogen-bond acceptors (Lipinski definition) is 5. The predicted molar refractivity (Wildman–Crippen MR) is 167 cm³/mol. The highest BCUT2D eigenvalue weighted by atomic mass is 16.5. The van der Waals surface area contributed by atoms with E-state index in [0.717, 1.165) is 85.7 Å². The average molecular weight is 555 g/mol. The quantitative estimate of drug-likeness (QED) is 0.241. The number of methoxy groups -OCH3 is 1. The van der Waals surface area contributed by atoms with Gasteiger partial charge in [-0.05, 0) is 65.7 Å². The first-order valence-electron chi connectivity index (χ1n) is 14.3. The van der Waals surface area contributed by atoms with Crippen molar-refractivity contribution in [2.45, 2.75) is 51.4 Å². The Kier molecular flexibility index (Phi) is 6.01. The maximum Gasteiger partial charge on any atom is 0.164 e. The fourth-order valence-corrected chi connectivity index (χ4v) is 6.17. The van der Waals surface area contributed by atoms with Crippen LogP contribution in [0.3, 0.4) is 0 Å². The van der Waals surface area contributed by atoms with E-state index in [1.54, 1.807) is 7.11 Å². The number of aromatic nitrogens is 6. The van der Waals surface area contributed by atoms with Gasteiger partial charge in [-0.15, -0.1) is 0 Å². The van der Waals surface area contributed by atoms with Gasteiger partial charge in [0.15, 0.2) is 5.75 Å². The van der Waals surface area contributed by atoms with Crippen molar-refractivity contribution >= 4 is 22.1 Å². The first kappa shape index (κ1) is 26.1. The predicted octanol–water partition coefficient (Wildman–Crippen LogP) is 7.49. The Morgan fingerprint density at radius 3 is 1.90 bits per heavy atom. The number of nitrogens with one attached hydrogen (secondary N) is 2. The van der Waals surface area contributed by atoms with Crippen LogP contribution in [-0.2, 0) is 23.7 Å². The minimum atomic E-state index is -0.180. The van der Waals surface area contributed by atoms with E-state index in [1.165, 1.54) is 0 Å². The monoisotopic (exact) mass is 554 g/mol. The van der Waals surface area contributed by atoms with E-state index >= 15 is 0 Å². The van der Waals surface area contributed by atoms with Gasteiger partial charge in [-0.25, -0.2) is 0 Å². The van der Waals surface area contributed by atoms with E-state index < -0.39 is 0 Å². The van der Waals surface area contributed by atoms with Gasteiger partial charge in [-0.3, -0.25) is 19.9 Å². The SMILES string of the molecule is COc1c2nc(cc3cc(-c4ccncc4)c(cc4nc(cc5cc(-c6ccncc6)c1[nH]5)C(C)(C)C4)[nH]3)C(C)(C)C2. The molecule has 0 atom stereocenters. The van der Waals surface area contributed by atoms with Crippen molar-refractivity contribution in [1.29, 1.82) is 0 Å². The molecule has 0 saturated carbocycles. The molecule has 5 aromatic rings. The van der Waals surface area contributed by atoms with Gasteiger partial charge in [0.25, 0.3) is 0 Å². The first-order chi connectivity index (χ1) is 20.2. The zero-order chi connectivity index (χ0) is 29.1. The van der Waals surface area contributed by atoms with Crippen LogP contribution in [0.15, 0.2) is 79.4 Å². The van der Waals surface area contributed by atoms with Crippen molar-refractivity contribution in [2.24, 2.45) is 0 Å². The molecule has 7 rings (SSSR count). The fourth-order valence-electron chi connectivity index (χ4n) is 6.17. The number of fused-ring (bicyclic) bond motifs is 8. The highest BCUT2D eigenvalue weighted by Crippen LogP contribution is 2.40. The third-order valence-corrected chi connectivity index (χ3v) is 8.42. The number of nitrogens with zero attached hydrogens (tertiary/aromatic N) is 4. The van der Waals surface area contributed by atoms with Crippen molar-refractivity contribution in [1.82, 2.24) is 29.9 Å². The topological polar surface area (TPSA) is 92.4 Å². The summed E-state index contributed by atoms with van der Waals surface area (Å²) in [5.74, 6) is 0.753. The second-order valence-corrected chi connectivity index (χ2v) is 12.6. The Balaban J connectivity index is 1.61. The summed E-state index contributed by atoms with van der Waals surface area (Å²) >= 11 is 0. The summed E-state index contributed by atoms with van der Waals surface area (Å²) in [6.07, 6.45) is 8.90. The standard InChI is InChI=1S/C35H34N6O/c1-34(2)19-25-16-28-26(21-6-10-36-11-7-21)14-23(38-28)17-31-35(3,4)20-29(41-31)33(42-5)32-27(22-8-12-37-13-9-22)15-24(40-32)18-30(34)39-25/h6-18,38,40H,19-20H2,1-5H3. The molecule has 8 bridgehead atoms. The van der Waals surface area contributed by atoms with Crippen LogP contribution in [0.5, 0.6) is 5.75 Å². The lowest BCUT2D eigenvalue weighted by atomic mass is 9.86. The van der Waals surface area contributed by atoms with Crippen LogP contribution in [0.2, 0.25) is 0 Å². The molecule has 2 aliphatic rings. The lowest BCUT2D eigenvalue weighted by molar-refractivity contribution is 0.409. The minimum Gasteiger partial charge on any atom is -0.493 e. The van der Waals surface area contributed by atoms with Crippen molar-refractivity contribution in [3.8, 4) is 28.0 Å². The van der Waals surface area contributed by atoms with Crippen LogP contribution in [0.25, 0.3) is 44.3 Å². The number of H-pyrrole nitrogens is 2. The Morgan fingerprint density at radius 2 is 1.24 bits per heavy atom. The van der Waals surface area contributed by atoms with Gasteiger partial charge in [-0.1, -0.05) is 27.7 Å². The van der Waals surface area contributed by atoms with Crippen LogP contribution in [0.1, 0.15) is 50.5 Å². The van der Waals surface area contributed by atoms with Gasteiger partial charge in [-0.2, -0.15) is 0 Å². The summed E-state index contributed by atoms with van der Waals surface area (Å²) in [7, 11) is 1.73. The molecule has 7 nitrogen and oxygen atoms in total. The Morgan fingerprint density at radius 1 is 0.667 bits per heavy atom. The fraction of sp³-hybridized carbons (Fsp3) is 0.257. The van der Waals surface area contributed by atoms with E-state index in [2.05, 4.69) is 78.0 Å². The van der Waals surface area contributed by atoms with Gasteiger partial charge in [0, 0.05) is 93.2 Å². The summed E-state index contributed by atoms with van der Waals surface area (Å²) in [4.78, 5) is 26.2. The van der Waals surface area contributed by atoms with E-state index in [4.69, 9.17) is 14.7 Å². The Bertz CT molecular complexity index is 1970. The van der Waals surface area contributed by atoms with E-state index in [0.29, 0.717) is 0 Å². The van der Waals surface area contributed by atoms with Crippen LogP contribution >= 0.6 is 0 Å². The molecule has 0 fully saturated rings. The second-order valence-electron chi connectivity index (χ2n) is 12.6. The molecule has 0 saturated heterocycles. The lowest BCUT2D eigenvalue weighted by Gasteiger charge is -2.16. The molecule has 0 amide bonds. The number of rotatable bonds is 3. The minimum absolute atomic E-state index is 0.128. The molecular formula is C35H34N6O. The number of aromatic amines is 2. The van der Waals surface area contributed by atoms with Gasteiger partial charge in [0.2, 0.25) is 0 Å². The molecule has 5 aromatic heterocycles. The number of ether oxygens (including phenoxy) is 1. The van der Waals surface area contributed by atoms with Crippen molar-refractivity contribution in [2.75, 3.05) is 7.11 Å². The normalized spacial score (nSPS) is 15.5. The molecule has 2 N–H and O–H groups in total. The summed E-state index contributed by atoms with van der Waals surface area (Å²) in [6, 6.07) is 19.1. The van der Waals surface area contributed by atoms with Gasteiger partial charge in [0.1, 0.15) is 0 Å². The molecule has 0 unspecified atom stereocenters. The molecule has 2 aliphatic heterocycles. The summed E-state index contributed by atoms with van der Waals surface area (Å²) in [5, 5.41) is 0. The van der Waals surface area contributed by atoms with Crippen LogP contribution in [0.4, 0.5) is 0 Å². The number of hydrogen-bond donors (Lipinski definition) is 2. The maximum absolute atomic E-state index is 6.13. The van der Waals surface area contributed by atoms with Crippen LogP contribution in [0, 0.1) is 0 Å². The largest absolute Gasteiger partial charge is 0.493 e. The number of pyridine rings is 2. The first-order valence-corrected chi connectivity index (χ1v) is 14.3. The zero-order valence-corrected chi connectivity index (χ0v) is 24.6. The van der Waals surface area contributed by atoms with Crippen molar-refractivity contribution in [3.05, 3.63) is 102 Å². The smallest absolute Gasteiger partial charge is 0.164 e. The van der Waals surface area contributed by atoms with Gasteiger partial charge < -0.3 is 14.7 Å². The van der Waals surface area contributed by atoms with E-state index in [1.807, 2.05) is 49.1 Å². The molecule has 0 spiro atoms. The molecule has 0 aliphatic carbocycles. The van der Waals surface area contributed by atoms with Gasteiger partial charge in [0.05, 0.1) is 18.3 Å². The highest BCUT2D eigenvalue weighted by Gasteiger charge is 2.32. The van der Waals surface area contributed by atoms with Crippen molar-refractivity contribution < 1.29 is 4.74 Å². The molecule has 42 heavy (non-hydrogen) atoms. The van der Waals surface area contributed by atoms with Crippen molar-refractivity contribution in [3.63, 3.8) is 0 Å². The molecule has 0 aromatic carbocycles. The summed E-state index contributed by atoms with van der Waals surface area (Å²) in [5.41, 5.74) is 11.9. The maximum atomic E-state index is 6.13. The van der Waals surface area contributed by atoms with Gasteiger partial charge >= 0.3 is 0 Å². The average Bonchev–Trinajstić information content (AvgIpc) is 3.70. The summed E-state index contributed by atoms with van der Waals surface area (Å²) in [6.45, 7) is 8.98.